The minimum Gasteiger partial charge on any atom is -0.481 e. The monoisotopic (exact) mass is 280 g/mol. The maximum atomic E-state index is 11.8. The van der Waals surface area contributed by atoms with Gasteiger partial charge >= 0.3 is 22.3 Å². The van der Waals surface area contributed by atoms with E-state index < -0.39 is 22.3 Å². The van der Waals surface area contributed by atoms with Gasteiger partial charge in [-0.05, 0) is 18.8 Å². The molecule has 2 N–H and O–H groups in total. The molecule has 104 valence electrons. The third kappa shape index (κ3) is 4.15. The first kappa shape index (κ1) is 14.7. The fourth-order valence-corrected chi connectivity index (χ4v) is 3.07. The predicted octanol–water partition coefficient (Wildman–Crippen LogP) is -0.226. The SMILES string of the molecule is COC(=O)NS(=O)(=O)N1CCCC(CC(=O)O)C1. The van der Waals surface area contributed by atoms with Gasteiger partial charge in [-0.3, -0.25) is 4.79 Å². The van der Waals surface area contributed by atoms with Gasteiger partial charge in [-0.25, -0.2) is 9.52 Å². The number of ether oxygens (including phenoxy) is 1. The van der Waals surface area contributed by atoms with Crippen LogP contribution in [0.4, 0.5) is 4.79 Å². The number of aliphatic carboxylic acids is 1. The van der Waals surface area contributed by atoms with E-state index in [9.17, 15) is 18.0 Å². The Kier molecular flexibility index (Phi) is 4.91. The number of nitrogens with zero attached hydrogens (tertiary/aromatic N) is 1. The molecule has 9 heteroatoms. The van der Waals surface area contributed by atoms with Crippen LogP contribution in [0.25, 0.3) is 0 Å². The molecule has 0 aromatic rings. The minimum absolute atomic E-state index is 0.0791. The molecule has 18 heavy (non-hydrogen) atoms. The molecule has 0 aromatic heterocycles. The summed E-state index contributed by atoms with van der Waals surface area (Å²) in [5.74, 6) is -1.19. The molecule has 0 aliphatic carbocycles. The first-order chi connectivity index (χ1) is 8.35. The van der Waals surface area contributed by atoms with Crippen molar-refractivity contribution in [1.29, 1.82) is 0 Å². The molecule has 1 fully saturated rings. The highest BCUT2D eigenvalue weighted by molar-refractivity contribution is 7.87. The van der Waals surface area contributed by atoms with Crippen LogP contribution in [0, 0.1) is 5.92 Å². The highest BCUT2D eigenvalue weighted by Crippen LogP contribution is 2.21. The first-order valence-corrected chi connectivity index (χ1v) is 6.87. The number of hydrogen-bond acceptors (Lipinski definition) is 5. The third-order valence-electron chi connectivity index (χ3n) is 2.68. The molecule has 0 radical (unpaired) electrons. The van der Waals surface area contributed by atoms with E-state index in [4.69, 9.17) is 5.11 Å². The van der Waals surface area contributed by atoms with Crippen LogP contribution in [0.3, 0.4) is 0 Å². The smallest absolute Gasteiger partial charge is 0.421 e. The lowest BCUT2D eigenvalue weighted by atomic mass is 9.96. The number of nitrogens with one attached hydrogen (secondary N) is 1. The number of carboxylic acids is 1. The number of methoxy groups -OCH3 is 1. The van der Waals surface area contributed by atoms with E-state index in [0.29, 0.717) is 12.8 Å². The summed E-state index contributed by atoms with van der Waals surface area (Å²) in [4.78, 5) is 21.5. The Morgan fingerprint density at radius 1 is 1.50 bits per heavy atom. The van der Waals surface area contributed by atoms with Crippen LogP contribution >= 0.6 is 0 Å². The molecule has 8 nitrogen and oxygen atoms in total. The van der Waals surface area contributed by atoms with E-state index in [2.05, 4.69) is 4.74 Å². The van der Waals surface area contributed by atoms with Crippen molar-refractivity contribution >= 4 is 22.3 Å². The highest BCUT2D eigenvalue weighted by Gasteiger charge is 2.31. The van der Waals surface area contributed by atoms with Crippen molar-refractivity contribution in [3.63, 3.8) is 0 Å². The van der Waals surface area contributed by atoms with Crippen molar-refractivity contribution in [3.8, 4) is 0 Å². The molecule has 1 saturated heterocycles. The van der Waals surface area contributed by atoms with Gasteiger partial charge in [0, 0.05) is 19.5 Å². The second-order valence-electron chi connectivity index (χ2n) is 4.06. The molecule has 1 aliphatic heterocycles. The van der Waals surface area contributed by atoms with Crippen LogP contribution in [0.15, 0.2) is 0 Å². The Bertz CT molecular complexity index is 421. The summed E-state index contributed by atoms with van der Waals surface area (Å²) < 4.78 is 30.5. The zero-order valence-corrected chi connectivity index (χ0v) is 10.8. The quantitative estimate of drug-likeness (QED) is 0.735. The minimum atomic E-state index is -3.95. The van der Waals surface area contributed by atoms with Crippen molar-refractivity contribution in [2.24, 2.45) is 5.92 Å². The summed E-state index contributed by atoms with van der Waals surface area (Å²) >= 11 is 0. The molecule has 1 unspecified atom stereocenters. The van der Waals surface area contributed by atoms with E-state index in [-0.39, 0.29) is 25.4 Å². The zero-order valence-electron chi connectivity index (χ0n) is 9.96. The molecule has 0 aromatic carbocycles. The van der Waals surface area contributed by atoms with E-state index in [1.54, 1.807) is 4.72 Å². The van der Waals surface area contributed by atoms with Crippen LogP contribution < -0.4 is 4.72 Å². The normalized spacial score (nSPS) is 21.3. The average molecular weight is 280 g/mol. The lowest BCUT2D eigenvalue weighted by Gasteiger charge is -2.30. The summed E-state index contributed by atoms with van der Waals surface area (Å²) in [5, 5.41) is 8.68. The van der Waals surface area contributed by atoms with E-state index >= 15 is 0 Å². The number of hydrogen-bond donors (Lipinski definition) is 2. The Hall–Kier alpha value is -1.35. The van der Waals surface area contributed by atoms with E-state index in [1.807, 2.05) is 0 Å². The second-order valence-corrected chi connectivity index (χ2v) is 5.73. The number of rotatable bonds is 4. The van der Waals surface area contributed by atoms with Crippen molar-refractivity contribution in [3.05, 3.63) is 0 Å². The zero-order chi connectivity index (χ0) is 13.8. The van der Waals surface area contributed by atoms with E-state index in [0.717, 1.165) is 11.4 Å². The standard InChI is InChI=1S/C9H16N2O6S/c1-17-9(14)10-18(15,16)11-4-2-3-7(6-11)5-8(12)13/h7H,2-6H2,1H3,(H,10,14)(H,12,13). The highest BCUT2D eigenvalue weighted by atomic mass is 32.2. The Morgan fingerprint density at radius 3 is 2.72 bits per heavy atom. The predicted molar refractivity (Wildman–Crippen MR) is 61.0 cm³/mol. The summed E-state index contributed by atoms with van der Waals surface area (Å²) in [5.41, 5.74) is 0. The van der Waals surface area contributed by atoms with Crippen LogP contribution in [0.5, 0.6) is 0 Å². The van der Waals surface area contributed by atoms with Gasteiger partial charge in [0.25, 0.3) is 0 Å². The second kappa shape index (κ2) is 6.01. The van der Waals surface area contributed by atoms with Crippen molar-refractivity contribution < 1.29 is 27.9 Å². The van der Waals surface area contributed by atoms with Crippen LogP contribution in [-0.4, -0.2) is 50.1 Å². The molecule has 1 amide bonds. The van der Waals surface area contributed by atoms with Crippen molar-refractivity contribution in [2.45, 2.75) is 19.3 Å². The van der Waals surface area contributed by atoms with Gasteiger partial charge in [0.15, 0.2) is 0 Å². The van der Waals surface area contributed by atoms with Crippen molar-refractivity contribution in [2.75, 3.05) is 20.2 Å². The topological polar surface area (TPSA) is 113 Å². The average Bonchev–Trinajstić information content (AvgIpc) is 2.27. The van der Waals surface area contributed by atoms with Crippen molar-refractivity contribution in [1.82, 2.24) is 9.03 Å². The van der Waals surface area contributed by atoms with E-state index in [1.165, 1.54) is 0 Å². The molecule has 1 heterocycles. The molecule has 1 rings (SSSR count). The molecule has 0 bridgehead atoms. The van der Waals surface area contributed by atoms with Gasteiger partial charge in [0.05, 0.1) is 7.11 Å². The third-order valence-corrected chi connectivity index (χ3v) is 4.12. The van der Waals surface area contributed by atoms with Gasteiger partial charge < -0.3 is 9.84 Å². The number of piperidine rings is 1. The summed E-state index contributed by atoms with van der Waals surface area (Å²) in [7, 11) is -2.88. The van der Waals surface area contributed by atoms with Gasteiger partial charge in [0.1, 0.15) is 0 Å². The number of amides is 1. The molecular weight excluding hydrogens is 264 g/mol. The Morgan fingerprint density at radius 2 is 2.17 bits per heavy atom. The van der Waals surface area contributed by atoms with Crippen LogP contribution in [-0.2, 0) is 19.7 Å². The maximum Gasteiger partial charge on any atom is 0.421 e. The maximum absolute atomic E-state index is 11.8. The number of carbonyl (C=O) groups excluding carboxylic acids is 1. The lowest BCUT2D eigenvalue weighted by Crippen LogP contribution is -2.48. The van der Waals surface area contributed by atoms with Gasteiger partial charge in [-0.1, -0.05) is 0 Å². The van der Waals surface area contributed by atoms with Crippen LogP contribution in [0.1, 0.15) is 19.3 Å². The van der Waals surface area contributed by atoms with Gasteiger partial charge in [0.2, 0.25) is 0 Å². The fourth-order valence-electron chi connectivity index (χ4n) is 1.87. The Balaban J connectivity index is 2.65. The first-order valence-electron chi connectivity index (χ1n) is 5.43. The summed E-state index contributed by atoms with van der Waals surface area (Å²) in [6, 6.07) is 0. The number of carbonyl (C=O) groups is 2. The molecular formula is C9H16N2O6S. The fraction of sp³-hybridized carbons (Fsp3) is 0.778. The molecule has 1 atom stereocenters. The number of carboxylic acid groups (broad SMARTS) is 1. The molecule has 0 saturated carbocycles. The summed E-state index contributed by atoms with van der Waals surface area (Å²) in [6.45, 7) is 0.362. The van der Waals surface area contributed by atoms with Gasteiger partial charge in [-0.15, -0.1) is 0 Å². The summed E-state index contributed by atoms with van der Waals surface area (Å²) in [6.07, 6.45) is 0.0937. The molecule has 0 spiro atoms. The van der Waals surface area contributed by atoms with Crippen LogP contribution in [0.2, 0.25) is 0 Å². The largest absolute Gasteiger partial charge is 0.481 e. The Labute approximate surface area is 105 Å². The lowest BCUT2D eigenvalue weighted by molar-refractivity contribution is -0.138. The molecule has 1 aliphatic rings. The van der Waals surface area contributed by atoms with Gasteiger partial charge in [-0.2, -0.15) is 12.7 Å².